The Morgan fingerprint density at radius 3 is 2.59 bits per heavy atom. The number of fused-ring (bicyclic) bond motifs is 1. The molecular formula is C19H24N6O3S. The largest absolute Gasteiger partial charge is 0.475 e. The van der Waals surface area contributed by atoms with Gasteiger partial charge in [-0.3, -0.25) is 5.10 Å². The van der Waals surface area contributed by atoms with Crippen molar-refractivity contribution in [3.8, 4) is 17.1 Å². The number of pyridine rings is 2. The highest BCUT2D eigenvalue weighted by atomic mass is 32.2. The van der Waals surface area contributed by atoms with Crippen LogP contribution < -0.4 is 9.64 Å². The SMILES string of the molecule is CC(C)Oc1cc2c(-c3ccnc(N4CCN(S(C)(=O)=O)CC4)c3)n[nH]c2cn1. The highest BCUT2D eigenvalue weighted by molar-refractivity contribution is 7.88. The summed E-state index contributed by atoms with van der Waals surface area (Å²) in [5.74, 6) is 1.36. The van der Waals surface area contributed by atoms with E-state index in [0.717, 1.165) is 28.0 Å². The summed E-state index contributed by atoms with van der Waals surface area (Å²) in [6.07, 6.45) is 4.75. The molecule has 154 valence electrons. The van der Waals surface area contributed by atoms with Crippen LogP contribution in [0.4, 0.5) is 5.82 Å². The second-order valence-electron chi connectivity index (χ2n) is 7.36. The highest BCUT2D eigenvalue weighted by Crippen LogP contribution is 2.30. The number of sulfonamides is 1. The predicted octanol–water partition coefficient (Wildman–Crippen LogP) is 1.89. The first kappa shape index (κ1) is 19.6. The van der Waals surface area contributed by atoms with Crippen molar-refractivity contribution in [3.63, 3.8) is 0 Å². The van der Waals surface area contributed by atoms with Gasteiger partial charge in [0, 0.05) is 49.4 Å². The van der Waals surface area contributed by atoms with Crippen LogP contribution in [0.25, 0.3) is 22.2 Å². The minimum Gasteiger partial charge on any atom is -0.475 e. The number of hydrogen-bond acceptors (Lipinski definition) is 7. The molecule has 3 aromatic heterocycles. The Bertz CT molecular complexity index is 1120. The van der Waals surface area contributed by atoms with Crippen LogP contribution in [0.2, 0.25) is 0 Å². The van der Waals surface area contributed by atoms with E-state index >= 15 is 0 Å². The van der Waals surface area contributed by atoms with Crippen molar-refractivity contribution in [1.82, 2.24) is 24.5 Å². The maximum absolute atomic E-state index is 11.7. The van der Waals surface area contributed by atoms with Gasteiger partial charge < -0.3 is 9.64 Å². The van der Waals surface area contributed by atoms with Crippen LogP contribution in [-0.4, -0.2) is 71.4 Å². The van der Waals surface area contributed by atoms with Gasteiger partial charge in [-0.1, -0.05) is 0 Å². The lowest BCUT2D eigenvalue weighted by molar-refractivity contribution is 0.233. The van der Waals surface area contributed by atoms with Gasteiger partial charge in [-0.05, 0) is 26.0 Å². The second kappa shape index (κ2) is 7.60. The number of hydrogen-bond donors (Lipinski definition) is 1. The van der Waals surface area contributed by atoms with Crippen LogP contribution in [0, 0.1) is 0 Å². The predicted molar refractivity (Wildman–Crippen MR) is 112 cm³/mol. The number of piperazine rings is 1. The molecule has 4 heterocycles. The van der Waals surface area contributed by atoms with Gasteiger partial charge in [-0.2, -0.15) is 9.40 Å². The van der Waals surface area contributed by atoms with Crippen molar-refractivity contribution >= 4 is 26.7 Å². The fourth-order valence-electron chi connectivity index (χ4n) is 3.41. The lowest BCUT2D eigenvalue weighted by Crippen LogP contribution is -2.48. The molecule has 0 saturated carbocycles. The molecule has 0 aromatic carbocycles. The molecule has 1 aliphatic heterocycles. The number of aromatic amines is 1. The zero-order valence-electron chi connectivity index (χ0n) is 16.7. The quantitative estimate of drug-likeness (QED) is 0.677. The Balaban J connectivity index is 1.61. The Morgan fingerprint density at radius 2 is 1.90 bits per heavy atom. The van der Waals surface area contributed by atoms with Crippen molar-refractivity contribution in [3.05, 3.63) is 30.6 Å². The van der Waals surface area contributed by atoms with Gasteiger partial charge in [-0.15, -0.1) is 0 Å². The molecule has 0 atom stereocenters. The number of rotatable bonds is 5. The first-order valence-corrected chi connectivity index (χ1v) is 11.3. The molecule has 1 saturated heterocycles. The number of aromatic nitrogens is 4. The summed E-state index contributed by atoms with van der Waals surface area (Å²) in [6, 6.07) is 5.78. The van der Waals surface area contributed by atoms with Gasteiger partial charge in [0.2, 0.25) is 15.9 Å². The van der Waals surface area contributed by atoms with Crippen molar-refractivity contribution in [2.75, 3.05) is 37.3 Å². The Morgan fingerprint density at radius 1 is 1.14 bits per heavy atom. The minimum atomic E-state index is -3.16. The molecule has 1 fully saturated rings. The van der Waals surface area contributed by atoms with Crippen LogP contribution in [0.3, 0.4) is 0 Å². The first-order valence-electron chi connectivity index (χ1n) is 9.48. The normalized spacial score (nSPS) is 15.9. The summed E-state index contributed by atoms with van der Waals surface area (Å²) in [7, 11) is -3.16. The third-order valence-corrected chi connectivity index (χ3v) is 6.13. The summed E-state index contributed by atoms with van der Waals surface area (Å²) in [5, 5.41) is 8.40. The summed E-state index contributed by atoms with van der Waals surface area (Å²) in [5.41, 5.74) is 2.55. The highest BCUT2D eigenvalue weighted by Gasteiger charge is 2.24. The van der Waals surface area contributed by atoms with Crippen LogP contribution in [0.5, 0.6) is 5.88 Å². The second-order valence-corrected chi connectivity index (χ2v) is 9.34. The molecule has 0 radical (unpaired) electrons. The standard InChI is InChI=1S/C19H24N6O3S/c1-13(2)28-18-11-15-16(12-21-18)22-23-19(15)14-4-5-20-17(10-14)24-6-8-25(9-7-24)29(3,26)27/h4-5,10-13H,6-9H2,1-3H3,(H,22,23). The van der Waals surface area contributed by atoms with Crippen molar-refractivity contribution < 1.29 is 13.2 Å². The zero-order chi connectivity index (χ0) is 20.6. The minimum absolute atomic E-state index is 0.0356. The molecule has 0 aliphatic carbocycles. The third kappa shape index (κ3) is 4.18. The molecule has 3 aromatic rings. The fourth-order valence-corrected chi connectivity index (χ4v) is 4.24. The summed E-state index contributed by atoms with van der Waals surface area (Å²) in [4.78, 5) is 10.9. The van der Waals surface area contributed by atoms with E-state index in [-0.39, 0.29) is 6.10 Å². The molecule has 0 unspecified atom stereocenters. The zero-order valence-corrected chi connectivity index (χ0v) is 17.5. The van der Waals surface area contributed by atoms with Crippen LogP contribution in [0.1, 0.15) is 13.8 Å². The van der Waals surface area contributed by atoms with Gasteiger partial charge in [0.15, 0.2) is 0 Å². The summed E-state index contributed by atoms with van der Waals surface area (Å²) >= 11 is 0. The van der Waals surface area contributed by atoms with E-state index in [4.69, 9.17) is 4.74 Å². The Hall–Kier alpha value is -2.72. The molecule has 0 amide bonds. The molecule has 1 aliphatic rings. The number of nitrogens with zero attached hydrogens (tertiary/aromatic N) is 5. The lowest BCUT2D eigenvalue weighted by atomic mass is 10.1. The van der Waals surface area contributed by atoms with E-state index < -0.39 is 10.0 Å². The van der Waals surface area contributed by atoms with Gasteiger partial charge >= 0.3 is 0 Å². The molecule has 0 spiro atoms. The molecule has 9 nitrogen and oxygen atoms in total. The molecular weight excluding hydrogens is 392 g/mol. The van der Waals surface area contributed by atoms with E-state index in [2.05, 4.69) is 25.1 Å². The maximum atomic E-state index is 11.7. The number of H-pyrrole nitrogens is 1. The molecule has 0 bridgehead atoms. The maximum Gasteiger partial charge on any atom is 0.214 e. The van der Waals surface area contributed by atoms with Crippen molar-refractivity contribution in [2.45, 2.75) is 20.0 Å². The van der Waals surface area contributed by atoms with E-state index in [1.165, 1.54) is 10.6 Å². The first-order chi connectivity index (χ1) is 13.8. The number of anilines is 1. The average molecular weight is 417 g/mol. The fraction of sp³-hybridized carbons (Fsp3) is 0.421. The molecule has 4 rings (SSSR count). The van der Waals surface area contributed by atoms with Gasteiger partial charge in [0.05, 0.1) is 24.1 Å². The Kier molecular flexibility index (Phi) is 5.13. The topological polar surface area (TPSA) is 104 Å². The number of ether oxygens (including phenoxy) is 1. The molecule has 1 N–H and O–H groups in total. The monoisotopic (exact) mass is 416 g/mol. The average Bonchev–Trinajstić information content (AvgIpc) is 3.10. The third-order valence-electron chi connectivity index (χ3n) is 4.83. The van der Waals surface area contributed by atoms with E-state index in [1.54, 1.807) is 12.4 Å². The number of nitrogens with one attached hydrogen (secondary N) is 1. The lowest BCUT2D eigenvalue weighted by Gasteiger charge is -2.34. The molecule has 10 heteroatoms. The van der Waals surface area contributed by atoms with Crippen molar-refractivity contribution in [1.29, 1.82) is 0 Å². The van der Waals surface area contributed by atoms with Gasteiger partial charge in [0.1, 0.15) is 11.5 Å². The van der Waals surface area contributed by atoms with E-state index in [1.807, 2.05) is 32.0 Å². The smallest absolute Gasteiger partial charge is 0.214 e. The van der Waals surface area contributed by atoms with Crippen molar-refractivity contribution in [2.24, 2.45) is 0 Å². The molecule has 29 heavy (non-hydrogen) atoms. The Labute approximate surface area is 169 Å². The van der Waals surface area contributed by atoms with Gasteiger partial charge in [0.25, 0.3) is 0 Å². The summed E-state index contributed by atoms with van der Waals surface area (Å²) in [6.45, 7) is 6.03. The van der Waals surface area contributed by atoms with E-state index in [0.29, 0.717) is 32.1 Å². The van der Waals surface area contributed by atoms with E-state index in [9.17, 15) is 8.42 Å². The van der Waals surface area contributed by atoms with Gasteiger partial charge in [-0.25, -0.2) is 18.4 Å². The van der Waals surface area contributed by atoms with Crippen LogP contribution >= 0.6 is 0 Å². The van der Waals surface area contributed by atoms with Crippen LogP contribution in [0.15, 0.2) is 30.6 Å². The summed E-state index contributed by atoms with van der Waals surface area (Å²) < 4.78 is 30.7. The van der Waals surface area contributed by atoms with Crippen LogP contribution in [-0.2, 0) is 10.0 Å².